The number of amidine groups is 1. The Morgan fingerprint density at radius 1 is 1.12 bits per heavy atom. The number of carbonyl (C=O) groups excluding carboxylic acids is 1. The summed E-state index contributed by atoms with van der Waals surface area (Å²) in [6.45, 7) is 3.25. The van der Waals surface area contributed by atoms with Gasteiger partial charge in [-0.15, -0.1) is 0 Å². The van der Waals surface area contributed by atoms with Crippen molar-refractivity contribution in [3.63, 3.8) is 0 Å². The van der Waals surface area contributed by atoms with Crippen LogP contribution >= 0.6 is 0 Å². The Balaban J connectivity index is 1.69. The minimum atomic E-state index is -0.169. The Bertz CT molecular complexity index is 770. The highest BCUT2D eigenvalue weighted by molar-refractivity contribution is 6.05. The molecule has 0 aromatic heterocycles. The van der Waals surface area contributed by atoms with Gasteiger partial charge >= 0.3 is 6.03 Å². The van der Waals surface area contributed by atoms with Crippen LogP contribution < -0.4 is 14.8 Å². The lowest BCUT2D eigenvalue weighted by Crippen LogP contribution is -2.35. The molecular formula is C20H23N3O3. The SMILES string of the molecule is CCOc1ccc(N=C2CCCN2C(=O)Nc2ccc(OC)cc2)cc1. The fraction of sp³-hybridized carbons (Fsp3) is 0.300. The number of urea groups is 1. The molecule has 1 heterocycles. The first-order chi connectivity index (χ1) is 12.7. The van der Waals surface area contributed by atoms with E-state index < -0.39 is 0 Å². The Kier molecular flexibility index (Phi) is 5.73. The molecule has 0 unspecified atom stereocenters. The first kappa shape index (κ1) is 17.8. The zero-order valence-electron chi connectivity index (χ0n) is 15.1. The summed E-state index contributed by atoms with van der Waals surface area (Å²) >= 11 is 0. The molecule has 26 heavy (non-hydrogen) atoms. The third-order valence-electron chi connectivity index (χ3n) is 4.09. The van der Waals surface area contributed by atoms with Crippen LogP contribution in [0.4, 0.5) is 16.2 Å². The molecule has 6 heteroatoms. The predicted octanol–water partition coefficient (Wildman–Crippen LogP) is 4.45. The van der Waals surface area contributed by atoms with Crippen LogP contribution in [0.3, 0.4) is 0 Å². The summed E-state index contributed by atoms with van der Waals surface area (Å²) in [5.74, 6) is 2.35. The van der Waals surface area contributed by atoms with E-state index in [0.29, 0.717) is 13.2 Å². The van der Waals surface area contributed by atoms with Crippen LogP contribution in [-0.4, -0.2) is 37.0 Å². The normalized spacial score (nSPS) is 15.2. The van der Waals surface area contributed by atoms with E-state index in [-0.39, 0.29) is 6.03 Å². The molecule has 2 aromatic rings. The van der Waals surface area contributed by atoms with Crippen molar-refractivity contribution in [1.29, 1.82) is 0 Å². The van der Waals surface area contributed by atoms with E-state index in [2.05, 4.69) is 10.3 Å². The van der Waals surface area contributed by atoms with E-state index in [1.165, 1.54) is 0 Å². The molecule has 1 saturated heterocycles. The van der Waals surface area contributed by atoms with Crippen LogP contribution in [0.5, 0.6) is 11.5 Å². The lowest BCUT2D eigenvalue weighted by molar-refractivity contribution is 0.236. The van der Waals surface area contributed by atoms with Crippen molar-refractivity contribution in [3.05, 3.63) is 48.5 Å². The molecule has 136 valence electrons. The number of benzene rings is 2. The van der Waals surface area contributed by atoms with Gasteiger partial charge in [-0.05, 0) is 61.9 Å². The van der Waals surface area contributed by atoms with E-state index >= 15 is 0 Å². The number of anilines is 1. The van der Waals surface area contributed by atoms with Gasteiger partial charge in [0.1, 0.15) is 17.3 Å². The number of ether oxygens (including phenoxy) is 2. The number of hydrogen-bond donors (Lipinski definition) is 1. The third-order valence-corrected chi connectivity index (χ3v) is 4.09. The van der Waals surface area contributed by atoms with E-state index in [4.69, 9.17) is 9.47 Å². The molecule has 2 amide bonds. The highest BCUT2D eigenvalue weighted by atomic mass is 16.5. The fourth-order valence-electron chi connectivity index (χ4n) is 2.79. The van der Waals surface area contributed by atoms with Crippen molar-refractivity contribution in [3.8, 4) is 11.5 Å². The van der Waals surface area contributed by atoms with Gasteiger partial charge in [0.25, 0.3) is 0 Å². The van der Waals surface area contributed by atoms with Gasteiger partial charge in [0.2, 0.25) is 0 Å². The van der Waals surface area contributed by atoms with Gasteiger partial charge in [-0.3, -0.25) is 4.90 Å². The maximum atomic E-state index is 12.6. The van der Waals surface area contributed by atoms with E-state index in [9.17, 15) is 4.79 Å². The Morgan fingerprint density at radius 3 is 2.46 bits per heavy atom. The lowest BCUT2D eigenvalue weighted by Gasteiger charge is -2.18. The molecule has 0 spiro atoms. The molecule has 0 bridgehead atoms. The quantitative estimate of drug-likeness (QED) is 0.864. The molecule has 6 nitrogen and oxygen atoms in total. The number of rotatable bonds is 5. The number of hydrogen-bond acceptors (Lipinski definition) is 4. The molecule has 3 rings (SSSR count). The maximum Gasteiger partial charge on any atom is 0.327 e. The Labute approximate surface area is 153 Å². The van der Waals surface area contributed by atoms with Crippen LogP contribution in [0, 0.1) is 0 Å². The molecule has 2 aromatic carbocycles. The van der Waals surface area contributed by atoms with Crippen LogP contribution in [0.15, 0.2) is 53.5 Å². The van der Waals surface area contributed by atoms with Crippen molar-refractivity contribution < 1.29 is 14.3 Å². The van der Waals surface area contributed by atoms with E-state index in [0.717, 1.165) is 41.6 Å². The van der Waals surface area contributed by atoms with E-state index in [1.54, 1.807) is 12.0 Å². The second-order valence-electron chi connectivity index (χ2n) is 5.87. The van der Waals surface area contributed by atoms with Gasteiger partial charge in [0.05, 0.1) is 19.4 Å². The smallest absolute Gasteiger partial charge is 0.327 e. The summed E-state index contributed by atoms with van der Waals surface area (Å²) in [7, 11) is 1.61. The number of methoxy groups -OCH3 is 1. The fourth-order valence-corrected chi connectivity index (χ4v) is 2.79. The molecule has 0 radical (unpaired) electrons. The molecule has 1 aliphatic rings. The summed E-state index contributed by atoms with van der Waals surface area (Å²) in [6, 6.07) is 14.7. The average Bonchev–Trinajstić information content (AvgIpc) is 3.12. The second kappa shape index (κ2) is 8.38. The van der Waals surface area contributed by atoms with Gasteiger partial charge < -0.3 is 14.8 Å². The monoisotopic (exact) mass is 353 g/mol. The zero-order chi connectivity index (χ0) is 18.4. The van der Waals surface area contributed by atoms with Crippen LogP contribution in [0.2, 0.25) is 0 Å². The van der Waals surface area contributed by atoms with Gasteiger partial charge in [0.15, 0.2) is 0 Å². The summed E-state index contributed by atoms with van der Waals surface area (Å²) in [5.41, 5.74) is 1.54. The summed E-state index contributed by atoms with van der Waals surface area (Å²) in [4.78, 5) is 18.9. The number of carbonyl (C=O) groups is 1. The summed E-state index contributed by atoms with van der Waals surface area (Å²) in [5, 5.41) is 2.91. The molecule has 1 N–H and O–H groups in total. The van der Waals surface area contributed by atoms with Gasteiger partial charge in [-0.2, -0.15) is 0 Å². The standard InChI is InChI=1S/C20H23N3O3/c1-3-26-18-12-8-15(9-13-18)21-19-5-4-14-23(19)20(24)22-16-6-10-17(25-2)11-7-16/h6-13H,3-5,14H2,1-2H3,(H,22,24). The first-order valence-electron chi connectivity index (χ1n) is 8.72. The van der Waals surface area contributed by atoms with Crippen LogP contribution in [0.25, 0.3) is 0 Å². The Morgan fingerprint density at radius 2 is 1.81 bits per heavy atom. The van der Waals surface area contributed by atoms with Crippen molar-refractivity contribution in [1.82, 2.24) is 4.90 Å². The summed E-state index contributed by atoms with van der Waals surface area (Å²) in [6.07, 6.45) is 1.69. The minimum Gasteiger partial charge on any atom is -0.497 e. The highest BCUT2D eigenvalue weighted by Gasteiger charge is 2.25. The predicted molar refractivity (Wildman–Crippen MR) is 103 cm³/mol. The molecule has 0 atom stereocenters. The summed E-state index contributed by atoms with van der Waals surface area (Å²) < 4.78 is 10.6. The topological polar surface area (TPSA) is 63.2 Å². The number of likely N-dealkylation sites (tertiary alicyclic amines) is 1. The molecule has 0 saturated carbocycles. The van der Waals surface area contributed by atoms with Crippen LogP contribution in [-0.2, 0) is 0 Å². The number of amides is 2. The maximum absolute atomic E-state index is 12.6. The van der Waals surface area contributed by atoms with Crippen molar-refractivity contribution in [2.24, 2.45) is 4.99 Å². The van der Waals surface area contributed by atoms with E-state index in [1.807, 2.05) is 55.5 Å². The molecule has 1 aliphatic heterocycles. The largest absolute Gasteiger partial charge is 0.497 e. The second-order valence-corrected chi connectivity index (χ2v) is 5.87. The van der Waals surface area contributed by atoms with Gasteiger partial charge in [0, 0.05) is 18.7 Å². The minimum absolute atomic E-state index is 0.169. The Hall–Kier alpha value is -3.02. The van der Waals surface area contributed by atoms with Crippen molar-refractivity contribution >= 4 is 23.2 Å². The third kappa shape index (κ3) is 4.33. The molecule has 0 aliphatic carbocycles. The van der Waals surface area contributed by atoms with Crippen molar-refractivity contribution in [2.75, 3.05) is 25.6 Å². The van der Waals surface area contributed by atoms with Crippen molar-refractivity contribution in [2.45, 2.75) is 19.8 Å². The number of aliphatic imine (C=N–C) groups is 1. The number of nitrogens with zero attached hydrogens (tertiary/aromatic N) is 2. The molecule has 1 fully saturated rings. The average molecular weight is 353 g/mol. The van der Waals surface area contributed by atoms with Crippen LogP contribution in [0.1, 0.15) is 19.8 Å². The molecular weight excluding hydrogens is 330 g/mol. The number of nitrogens with one attached hydrogen (secondary N) is 1. The lowest BCUT2D eigenvalue weighted by atomic mass is 10.3. The first-order valence-corrected chi connectivity index (χ1v) is 8.72. The van der Waals surface area contributed by atoms with Gasteiger partial charge in [-0.1, -0.05) is 0 Å². The van der Waals surface area contributed by atoms with Gasteiger partial charge in [-0.25, -0.2) is 9.79 Å². The zero-order valence-corrected chi connectivity index (χ0v) is 15.1. The highest BCUT2D eigenvalue weighted by Crippen LogP contribution is 2.22.